The first kappa shape index (κ1) is 16.8. The molecule has 7 heteroatoms. The maximum Gasteiger partial charge on any atom is 0.307 e. The molecule has 1 aromatic carbocycles. The van der Waals surface area contributed by atoms with Crippen molar-refractivity contribution in [1.29, 1.82) is 0 Å². The van der Waals surface area contributed by atoms with Crippen molar-refractivity contribution in [2.75, 3.05) is 20.2 Å². The Morgan fingerprint density at radius 2 is 2.21 bits per heavy atom. The van der Waals surface area contributed by atoms with Crippen molar-refractivity contribution in [3.8, 4) is 5.75 Å². The number of benzene rings is 1. The van der Waals surface area contributed by atoms with Crippen LogP contribution in [0.15, 0.2) is 18.2 Å². The number of halogens is 1. The predicted octanol–water partition coefficient (Wildman–Crippen LogP) is 2.23. The van der Waals surface area contributed by atoms with Gasteiger partial charge in [0.25, 0.3) is 0 Å². The van der Waals surface area contributed by atoms with Gasteiger partial charge in [0.05, 0.1) is 32.1 Å². The van der Waals surface area contributed by atoms with Gasteiger partial charge >= 0.3 is 5.97 Å². The number of piperidine rings is 1. The molecule has 1 aromatic rings. The molecule has 1 amide bonds. The first-order valence-corrected chi connectivity index (χ1v) is 8.17. The number of Topliss-reactive ketones (excluding diaryl/α,β-unsaturated/α-hetero) is 1. The Morgan fingerprint density at radius 1 is 1.42 bits per heavy atom. The minimum absolute atomic E-state index is 0.0183. The van der Waals surface area contributed by atoms with Crippen molar-refractivity contribution in [2.45, 2.75) is 31.3 Å². The third-order valence-electron chi connectivity index (χ3n) is 4.49. The highest BCUT2D eigenvalue weighted by atomic mass is 35.5. The number of carbonyl (C=O) groups excluding carboxylic acids is 3. The third-order valence-corrected chi connectivity index (χ3v) is 4.73. The standard InChI is InChI=1S/C17H18ClNO5/c1-23-16(22)5-7-19-10-17(6-4-15(19)21)9-13(20)12-3-2-11(18)8-14(12)24-17/h2-3,8H,4-7,9-10H2,1H3/t17-/m1/s1. The van der Waals surface area contributed by atoms with E-state index in [1.54, 1.807) is 23.1 Å². The van der Waals surface area contributed by atoms with Crippen molar-refractivity contribution >= 4 is 29.3 Å². The van der Waals surface area contributed by atoms with Crippen LogP contribution in [-0.2, 0) is 14.3 Å². The molecule has 0 bridgehead atoms. The molecule has 2 aliphatic rings. The van der Waals surface area contributed by atoms with Crippen molar-refractivity contribution in [3.63, 3.8) is 0 Å². The van der Waals surface area contributed by atoms with Gasteiger partial charge in [0, 0.05) is 18.0 Å². The first-order valence-electron chi connectivity index (χ1n) is 7.79. The van der Waals surface area contributed by atoms with E-state index < -0.39 is 5.60 Å². The van der Waals surface area contributed by atoms with E-state index in [-0.39, 0.29) is 50.0 Å². The molecule has 0 saturated carbocycles. The van der Waals surface area contributed by atoms with Crippen molar-refractivity contribution < 1.29 is 23.9 Å². The van der Waals surface area contributed by atoms with Crippen LogP contribution in [0.4, 0.5) is 0 Å². The Bertz CT molecular complexity index is 704. The number of amides is 1. The number of fused-ring (bicyclic) bond motifs is 1. The van der Waals surface area contributed by atoms with Crippen molar-refractivity contribution in [2.24, 2.45) is 0 Å². The third kappa shape index (κ3) is 3.24. The Hall–Kier alpha value is -2.08. The molecule has 0 unspecified atom stereocenters. The van der Waals surface area contributed by atoms with E-state index in [0.717, 1.165) is 0 Å². The molecule has 6 nitrogen and oxygen atoms in total. The second-order valence-corrected chi connectivity index (χ2v) is 6.60. The number of ketones is 1. The van der Waals surface area contributed by atoms with E-state index in [9.17, 15) is 14.4 Å². The first-order chi connectivity index (χ1) is 11.4. The Kier molecular flexibility index (Phi) is 4.49. The Balaban J connectivity index is 1.79. The van der Waals surface area contributed by atoms with Crippen LogP contribution in [0.25, 0.3) is 0 Å². The summed E-state index contributed by atoms with van der Waals surface area (Å²) < 4.78 is 10.7. The lowest BCUT2D eigenvalue weighted by atomic mass is 9.83. The van der Waals surface area contributed by atoms with Gasteiger partial charge in [-0.25, -0.2) is 0 Å². The quantitative estimate of drug-likeness (QED) is 0.781. The summed E-state index contributed by atoms with van der Waals surface area (Å²) >= 11 is 6.00. The molecular weight excluding hydrogens is 334 g/mol. The fourth-order valence-electron chi connectivity index (χ4n) is 3.24. The largest absolute Gasteiger partial charge is 0.484 e. The zero-order chi connectivity index (χ0) is 17.3. The van der Waals surface area contributed by atoms with E-state index >= 15 is 0 Å². The van der Waals surface area contributed by atoms with Gasteiger partial charge in [0.15, 0.2) is 5.78 Å². The van der Waals surface area contributed by atoms with E-state index in [4.69, 9.17) is 16.3 Å². The molecule has 1 fully saturated rings. The van der Waals surface area contributed by atoms with Crippen LogP contribution >= 0.6 is 11.6 Å². The molecule has 3 rings (SSSR count). The highest BCUT2D eigenvalue weighted by Gasteiger charge is 2.45. The van der Waals surface area contributed by atoms with E-state index in [1.165, 1.54) is 7.11 Å². The number of methoxy groups -OCH3 is 1. The van der Waals surface area contributed by atoms with Crippen LogP contribution in [0.1, 0.15) is 36.0 Å². The number of ether oxygens (including phenoxy) is 2. The van der Waals surface area contributed by atoms with Crippen LogP contribution in [0.3, 0.4) is 0 Å². The zero-order valence-corrected chi connectivity index (χ0v) is 14.1. The zero-order valence-electron chi connectivity index (χ0n) is 13.3. The van der Waals surface area contributed by atoms with Gasteiger partial charge in [-0.15, -0.1) is 0 Å². The molecule has 0 radical (unpaired) electrons. The monoisotopic (exact) mass is 351 g/mol. The van der Waals surface area contributed by atoms with Crippen LogP contribution in [-0.4, -0.2) is 48.4 Å². The van der Waals surface area contributed by atoms with Gasteiger partial charge in [0.2, 0.25) is 5.91 Å². The molecule has 0 aliphatic carbocycles. The summed E-state index contributed by atoms with van der Waals surface area (Å²) in [4.78, 5) is 37.5. The minimum atomic E-state index is -0.751. The lowest BCUT2D eigenvalue weighted by Crippen LogP contribution is -2.56. The van der Waals surface area contributed by atoms with E-state index in [1.807, 2.05) is 0 Å². The average molecular weight is 352 g/mol. The normalized spacial score (nSPS) is 23.0. The van der Waals surface area contributed by atoms with Crippen LogP contribution in [0.5, 0.6) is 5.75 Å². The molecule has 1 spiro atoms. The highest BCUT2D eigenvalue weighted by molar-refractivity contribution is 6.30. The molecule has 128 valence electrons. The van der Waals surface area contributed by atoms with Gasteiger partial charge in [-0.3, -0.25) is 14.4 Å². The van der Waals surface area contributed by atoms with Gasteiger partial charge in [-0.05, 0) is 24.6 Å². The maximum atomic E-state index is 12.5. The molecule has 1 atom stereocenters. The number of hydrogen-bond acceptors (Lipinski definition) is 5. The van der Waals surface area contributed by atoms with Gasteiger partial charge in [-0.2, -0.15) is 0 Å². The molecule has 2 heterocycles. The number of rotatable bonds is 3. The summed E-state index contributed by atoms with van der Waals surface area (Å²) in [6, 6.07) is 4.95. The van der Waals surface area contributed by atoms with Crippen LogP contribution < -0.4 is 4.74 Å². The lowest BCUT2D eigenvalue weighted by molar-refractivity contribution is -0.145. The van der Waals surface area contributed by atoms with Crippen LogP contribution in [0, 0.1) is 0 Å². The fourth-order valence-corrected chi connectivity index (χ4v) is 3.40. The molecule has 0 N–H and O–H groups in total. The summed E-state index contributed by atoms with van der Waals surface area (Å²) in [6.07, 6.45) is 1.08. The molecule has 1 saturated heterocycles. The minimum Gasteiger partial charge on any atom is -0.484 e. The van der Waals surface area contributed by atoms with E-state index in [2.05, 4.69) is 4.74 Å². The summed E-state index contributed by atoms with van der Waals surface area (Å²) in [5, 5.41) is 0.494. The number of esters is 1. The summed E-state index contributed by atoms with van der Waals surface area (Å²) in [7, 11) is 1.31. The average Bonchev–Trinajstić information content (AvgIpc) is 2.55. The molecule has 24 heavy (non-hydrogen) atoms. The smallest absolute Gasteiger partial charge is 0.307 e. The van der Waals surface area contributed by atoms with Crippen LogP contribution in [0.2, 0.25) is 5.02 Å². The molecular formula is C17H18ClNO5. The van der Waals surface area contributed by atoms with E-state index in [0.29, 0.717) is 22.8 Å². The number of likely N-dealkylation sites (tertiary alicyclic amines) is 1. The summed E-state index contributed by atoms with van der Waals surface area (Å²) in [5.41, 5.74) is -0.234. The molecule has 2 aliphatic heterocycles. The van der Waals surface area contributed by atoms with Gasteiger partial charge in [-0.1, -0.05) is 11.6 Å². The number of nitrogens with zero attached hydrogens (tertiary/aromatic N) is 1. The second kappa shape index (κ2) is 6.43. The number of carbonyl (C=O) groups is 3. The van der Waals surface area contributed by atoms with Gasteiger partial charge < -0.3 is 14.4 Å². The maximum absolute atomic E-state index is 12.5. The van der Waals surface area contributed by atoms with Crippen molar-refractivity contribution in [1.82, 2.24) is 4.90 Å². The SMILES string of the molecule is COC(=O)CCN1C[C@@]2(CCC1=O)CC(=O)c1ccc(Cl)cc1O2. The van der Waals surface area contributed by atoms with Crippen molar-refractivity contribution in [3.05, 3.63) is 28.8 Å². The highest BCUT2D eigenvalue weighted by Crippen LogP contribution is 2.39. The topological polar surface area (TPSA) is 72.9 Å². The second-order valence-electron chi connectivity index (χ2n) is 6.17. The Labute approximate surface area is 144 Å². The summed E-state index contributed by atoms with van der Waals surface area (Å²) in [6.45, 7) is 0.535. The number of hydrogen-bond donors (Lipinski definition) is 0. The lowest BCUT2D eigenvalue weighted by Gasteiger charge is -2.44. The Morgan fingerprint density at radius 3 is 2.96 bits per heavy atom. The fraction of sp³-hybridized carbons (Fsp3) is 0.471. The molecule has 0 aromatic heterocycles. The summed E-state index contributed by atoms with van der Waals surface area (Å²) in [5.74, 6) is 0.0221. The predicted molar refractivity (Wildman–Crippen MR) is 86.2 cm³/mol. The van der Waals surface area contributed by atoms with Gasteiger partial charge in [0.1, 0.15) is 11.4 Å².